The van der Waals surface area contributed by atoms with Crippen LogP contribution in [0.3, 0.4) is 0 Å². The van der Waals surface area contributed by atoms with Crippen molar-refractivity contribution in [2.45, 2.75) is 11.8 Å². The Morgan fingerprint density at radius 3 is 2.42 bits per heavy atom. The van der Waals surface area contributed by atoms with E-state index in [-0.39, 0.29) is 10.5 Å². The first-order chi connectivity index (χ1) is 15.7. The molecule has 0 spiro atoms. The second-order valence-electron chi connectivity index (χ2n) is 6.99. The van der Waals surface area contributed by atoms with Crippen molar-refractivity contribution in [2.24, 2.45) is 5.10 Å². The van der Waals surface area contributed by atoms with Crippen LogP contribution in [-0.2, 0) is 14.8 Å². The number of hydrazone groups is 1. The maximum absolute atomic E-state index is 13.3. The predicted molar refractivity (Wildman–Crippen MR) is 129 cm³/mol. The third-order valence-corrected chi connectivity index (χ3v) is 6.86. The molecule has 0 aliphatic rings. The van der Waals surface area contributed by atoms with Crippen LogP contribution in [0.25, 0.3) is 0 Å². The molecule has 0 bridgehead atoms. The summed E-state index contributed by atoms with van der Waals surface area (Å²) in [6.45, 7) is 1.31. The van der Waals surface area contributed by atoms with E-state index >= 15 is 0 Å². The second kappa shape index (κ2) is 10.4. The molecule has 0 heterocycles. The zero-order chi connectivity index (χ0) is 24.0. The number of anilines is 1. The van der Waals surface area contributed by atoms with Crippen molar-refractivity contribution in [3.8, 4) is 0 Å². The molecule has 0 aromatic heterocycles. The monoisotopic (exact) mass is 529 g/mol. The third-order valence-electron chi connectivity index (χ3n) is 4.58. The minimum absolute atomic E-state index is 0.0215. The number of hydrogen-bond acceptors (Lipinski definition) is 5. The fourth-order valence-corrected chi connectivity index (χ4v) is 4.73. The summed E-state index contributed by atoms with van der Waals surface area (Å²) in [6.07, 6.45) is 1.19. The van der Waals surface area contributed by atoms with Crippen LogP contribution in [0.5, 0.6) is 0 Å². The average Bonchev–Trinajstić information content (AvgIpc) is 2.78. The topological polar surface area (TPSA) is 116 Å². The van der Waals surface area contributed by atoms with E-state index in [1.807, 2.05) is 6.92 Å². The van der Waals surface area contributed by atoms with Crippen LogP contribution in [0.2, 0.25) is 0 Å². The summed E-state index contributed by atoms with van der Waals surface area (Å²) in [7, 11) is -4.06. The van der Waals surface area contributed by atoms with Gasteiger partial charge in [-0.15, -0.1) is 0 Å². The summed E-state index contributed by atoms with van der Waals surface area (Å²) in [5, 5.41) is 13.0. The van der Waals surface area contributed by atoms with E-state index in [0.29, 0.717) is 15.7 Å². The van der Waals surface area contributed by atoms with E-state index < -0.39 is 28.4 Å². The average molecular weight is 530 g/mol. The minimum atomic E-state index is -4.06. The number of halogens is 1. The van der Waals surface area contributed by atoms with Crippen LogP contribution in [0.1, 0.15) is 21.5 Å². The van der Waals surface area contributed by atoms with Gasteiger partial charge in [0, 0.05) is 10.0 Å². The standard InChI is InChI=1S/C23H20BrN3O5S/c1-16-9-11-20(12-10-16)33(31,32)27(19-7-4-6-18(24)13-19)15-22(28)26-25-14-17-5-2-3-8-21(17)23(29)30/h2-14H,15H2,1H3,(H,26,28)(H,29,30)/b25-14-. The van der Waals surface area contributed by atoms with Gasteiger partial charge in [0.25, 0.3) is 15.9 Å². The van der Waals surface area contributed by atoms with Gasteiger partial charge in [-0.2, -0.15) is 5.10 Å². The number of carbonyl (C=O) groups excluding carboxylic acids is 1. The molecule has 1 amide bonds. The Morgan fingerprint density at radius 2 is 1.76 bits per heavy atom. The third kappa shape index (κ3) is 6.05. The first kappa shape index (κ1) is 24.1. The zero-order valence-electron chi connectivity index (χ0n) is 17.5. The van der Waals surface area contributed by atoms with Gasteiger partial charge in [-0.05, 0) is 43.3 Å². The Kier molecular flexibility index (Phi) is 7.62. The van der Waals surface area contributed by atoms with Gasteiger partial charge in [-0.1, -0.05) is 57.9 Å². The summed E-state index contributed by atoms with van der Waals surface area (Å²) >= 11 is 3.32. The molecule has 0 fully saturated rings. The van der Waals surface area contributed by atoms with E-state index in [9.17, 15) is 23.1 Å². The molecule has 3 aromatic rings. The fraction of sp³-hybridized carbons (Fsp3) is 0.0870. The Labute approximate surface area is 199 Å². The van der Waals surface area contributed by atoms with Crippen molar-refractivity contribution < 1.29 is 23.1 Å². The van der Waals surface area contributed by atoms with E-state index in [1.165, 1.54) is 30.5 Å². The Morgan fingerprint density at radius 1 is 1.06 bits per heavy atom. The Balaban J connectivity index is 1.86. The van der Waals surface area contributed by atoms with Gasteiger partial charge in [0.15, 0.2) is 0 Å². The molecule has 0 aliphatic heterocycles. The zero-order valence-corrected chi connectivity index (χ0v) is 19.9. The normalized spacial score (nSPS) is 11.3. The Hall–Kier alpha value is -3.50. The van der Waals surface area contributed by atoms with Gasteiger partial charge < -0.3 is 5.11 Å². The molecule has 170 valence electrons. The molecule has 3 rings (SSSR count). The van der Waals surface area contributed by atoms with Crippen molar-refractivity contribution in [1.82, 2.24) is 5.43 Å². The fourth-order valence-electron chi connectivity index (χ4n) is 2.93. The van der Waals surface area contributed by atoms with E-state index in [0.717, 1.165) is 9.87 Å². The van der Waals surface area contributed by atoms with Crippen molar-refractivity contribution in [3.63, 3.8) is 0 Å². The summed E-state index contributed by atoms with van der Waals surface area (Å²) in [5.41, 5.74) is 3.77. The van der Waals surface area contributed by atoms with Crippen molar-refractivity contribution >= 4 is 49.7 Å². The van der Waals surface area contributed by atoms with E-state index in [4.69, 9.17) is 0 Å². The number of carboxylic acids is 1. The lowest BCUT2D eigenvalue weighted by molar-refractivity contribution is -0.119. The van der Waals surface area contributed by atoms with Crippen LogP contribution in [0.15, 0.2) is 87.3 Å². The second-order valence-corrected chi connectivity index (χ2v) is 9.77. The highest BCUT2D eigenvalue weighted by Gasteiger charge is 2.27. The van der Waals surface area contributed by atoms with Gasteiger partial charge in [-0.25, -0.2) is 18.6 Å². The van der Waals surface area contributed by atoms with Gasteiger partial charge in [0.05, 0.1) is 22.4 Å². The number of benzene rings is 3. The van der Waals surface area contributed by atoms with Gasteiger partial charge in [0.2, 0.25) is 0 Å². The van der Waals surface area contributed by atoms with Crippen LogP contribution in [-0.4, -0.2) is 38.2 Å². The molecule has 0 radical (unpaired) electrons. The maximum atomic E-state index is 13.3. The summed E-state index contributed by atoms with van der Waals surface area (Å²) < 4.78 is 28.3. The number of sulfonamides is 1. The largest absolute Gasteiger partial charge is 0.478 e. The van der Waals surface area contributed by atoms with Gasteiger partial charge in [-0.3, -0.25) is 9.10 Å². The Bertz CT molecular complexity index is 1310. The number of nitrogens with zero attached hydrogens (tertiary/aromatic N) is 2. The molecular formula is C23H20BrN3O5S. The summed E-state index contributed by atoms with van der Waals surface area (Å²) in [5.74, 6) is -1.83. The van der Waals surface area contributed by atoms with Crippen molar-refractivity contribution in [2.75, 3.05) is 10.8 Å². The molecular weight excluding hydrogens is 510 g/mol. The number of hydrogen-bond donors (Lipinski definition) is 2. The number of carboxylic acid groups (broad SMARTS) is 1. The lowest BCUT2D eigenvalue weighted by Crippen LogP contribution is -2.39. The highest BCUT2D eigenvalue weighted by atomic mass is 79.9. The van der Waals surface area contributed by atoms with Gasteiger partial charge in [0.1, 0.15) is 6.54 Å². The minimum Gasteiger partial charge on any atom is -0.478 e. The van der Waals surface area contributed by atoms with Crippen LogP contribution in [0.4, 0.5) is 5.69 Å². The molecule has 0 atom stereocenters. The van der Waals surface area contributed by atoms with E-state index in [1.54, 1.807) is 48.5 Å². The maximum Gasteiger partial charge on any atom is 0.336 e. The molecule has 0 aliphatic carbocycles. The molecule has 8 nitrogen and oxygen atoms in total. The molecule has 0 saturated heterocycles. The number of nitrogens with one attached hydrogen (secondary N) is 1. The van der Waals surface area contributed by atoms with Gasteiger partial charge >= 0.3 is 5.97 Å². The SMILES string of the molecule is Cc1ccc(S(=O)(=O)N(CC(=O)N/N=C\c2ccccc2C(=O)O)c2cccc(Br)c2)cc1. The van der Waals surface area contributed by atoms with E-state index in [2.05, 4.69) is 26.5 Å². The van der Waals surface area contributed by atoms with Crippen molar-refractivity contribution in [1.29, 1.82) is 0 Å². The molecule has 33 heavy (non-hydrogen) atoms. The van der Waals surface area contributed by atoms with Crippen LogP contribution >= 0.6 is 15.9 Å². The molecule has 0 saturated carbocycles. The molecule has 2 N–H and O–H groups in total. The first-order valence-corrected chi connectivity index (χ1v) is 11.9. The van der Waals surface area contributed by atoms with Crippen LogP contribution < -0.4 is 9.73 Å². The summed E-state index contributed by atoms with van der Waals surface area (Å²) in [4.78, 5) is 23.9. The highest BCUT2D eigenvalue weighted by Crippen LogP contribution is 2.26. The lowest BCUT2D eigenvalue weighted by Gasteiger charge is -2.24. The first-order valence-electron chi connectivity index (χ1n) is 9.67. The highest BCUT2D eigenvalue weighted by molar-refractivity contribution is 9.10. The summed E-state index contributed by atoms with van der Waals surface area (Å²) in [6, 6.07) is 19.0. The van der Waals surface area contributed by atoms with Crippen molar-refractivity contribution in [3.05, 3.63) is 94.0 Å². The molecule has 3 aromatic carbocycles. The molecule has 0 unspecified atom stereocenters. The number of rotatable bonds is 8. The number of carbonyl (C=O) groups is 2. The quantitative estimate of drug-likeness (QED) is 0.340. The lowest BCUT2D eigenvalue weighted by atomic mass is 10.1. The number of aryl methyl sites for hydroxylation is 1. The number of amides is 1. The smallest absolute Gasteiger partial charge is 0.336 e. The molecule has 10 heteroatoms. The van der Waals surface area contributed by atoms with Crippen LogP contribution in [0, 0.1) is 6.92 Å². The number of aromatic carboxylic acids is 1. The predicted octanol–water partition coefficient (Wildman–Crippen LogP) is 3.80.